The zero-order valence-electron chi connectivity index (χ0n) is 9.52. The van der Waals surface area contributed by atoms with Gasteiger partial charge in [0.15, 0.2) is 15.6 Å². The summed E-state index contributed by atoms with van der Waals surface area (Å²) in [7, 11) is -3.05. The minimum absolute atomic E-state index is 0.0470. The third-order valence-corrected chi connectivity index (χ3v) is 4.56. The van der Waals surface area contributed by atoms with E-state index >= 15 is 0 Å². The summed E-state index contributed by atoms with van der Waals surface area (Å²) in [5.74, 6) is -0.880. The fraction of sp³-hybridized carbons (Fsp3) is 0.800. The topological polar surface area (TPSA) is 80.3 Å². The lowest BCUT2D eigenvalue weighted by Gasteiger charge is -2.14. The summed E-state index contributed by atoms with van der Waals surface area (Å²) >= 11 is 0. The van der Waals surface area contributed by atoms with Crippen molar-refractivity contribution in [3.05, 3.63) is 0 Å². The first-order chi connectivity index (χ1) is 7.35. The number of rotatable bonds is 4. The molecule has 0 bridgehead atoms. The largest absolute Gasteiger partial charge is 0.346 e. The van der Waals surface area contributed by atoms with E-state index in [1.165, 1.54) is 0 Å². The lowest BCUT2D eigenvalue weighted by atomic mass is 10.1. The van der Waals surface area contributed by atoms with Crippen molar-refractivity contribution in [3.63, 3.8) is 0 Å². The molecular formula is C10H17NO4S. The van der Waals surface area contributed by atoms with Crippen LogP contribution in [-0.2, 0) is 19.4 Å². The van der Waals surface area contributed by atoms with E-state index in [1.54, 1.807) is 13.8 Å². The molecule has 0 saturated carbocycles. The van der Waals surface area contributed by atoms with Crippen molar-refractivity contribution in [2.45, 2.75) is 32.7 Å². The van der Waals surface area contributed by atoms with Crippen LogP contribution in [0.3, 0.4) is 0 Å². The average Bonchev–Trinajstić information content (AvgIpc) is 2.57. The van der Waals surface area contributed by atoms with Crippen LogP contribution in [0.25, 0.3) is 0 Å². The molecule has 0 aliphatic carbocycles. The number of amides is 1. The van der Waals surface area contributed by atoms with Crippen LogP contribution >= 0.6 is 0 Å². The molecule has 0 spiro atoms. The third-order valence-electron chi connectivity index (χ3n) is 2.79. The van der Waals surface area contributed by atoms with Crippen molar-refractivity contribution in [2.75, 3.05) is 11.5 Å². The van der Waals surface area contributed by atoms with Gasteiger partial charge in [0.05, 0.1) is 23.5 Å². The van der Waals surface area contributed by atoms with Crippen molar-refractivity contribution in [1.82, 2.24) is 5.32 Å². The molecule has 0 aromatic rings. The van der Waals surface area contributed by atoms with Crippen molar-refractivity contribution in [3.8, 4) is 0 Å². The van der Waals surface area contributed by atoms with Gasteiger partial charge >= 0.3 is 0 Å². The van der Waals surface area contributed by atoms with Crippen LogP contribution in [0.4, 0.5) is 0 Å². The van der Waals surface area contributed by atoms with Crippen LogP contribution in [0.1, 0.15) is 26.7 Å². The average molecular weight is 247 g/mol. The Morgan fingerprint density at radius 2 is 2.06 bits per heavy atom. The van der Waals surface area contributed by atoms with E-state index < -0.39 is 21.8 Å². The first-order valence-corrected chi connectivity index (χ1v) is 7.21. The van der Waals surface area contributed by atoms with Crippen LogP contribution in [0.2, 0.25) is 0 Å². The van der Waals surface area contributed by atoms with Crippen molar-refractivity contribution >= 4 is 21.5 Å². The summed E-state index contributed by atoms with van der Waals surface area (Å²) in [6.07, 6.45) is 0.728. The summed E-state index contributed by atoms with van der Waals surface area (Å²) in [5, 5.41) is 2.56. The number of carbonyl (C=O) groups is 2. The zero-order chi connectivity index (χ0) is 12.3. The summed E-state index contributed by atoms with van der Waals surface area (Å²) in [6.45, 7) is 3.35. The molecule has 1 aliphatic rings. The minimum Gasteiger partial charge on any atom is -0.346 e. The monoisotopic (exact) mass is 247 g/mol. The fourth-order valence-corrected chi connectivity index (χ4v) is 3.46. The molecule has 1 amide bonds. The van der Waals surface area contributed by atoms with Crippen LogP contribution < -0.4 is 5.32 Å². The Balaban J connectivity index is 2.51. The predicted molar refractivity (Wildman–Crippen MR) is 59.7 cm³/mol. The van der Waals surface area contributed by atoms with E-state index in [1.807, 2.05) is 0 Å². The maximum Gasteiger partial charge on any atom is 0.224 e. The van der Waals surface area contributed by atoms with Gasteiger partial charge in [-0.05, 0) is 13.3 Å². The van der Waals surface area contributed by atoms with E-state index in [2.05, 4.69) is 5.32 Å². The van der Waals surface area contributed by atoms with E-state index in [0.717, 1.165) is 0 Å². The third kappa shape index (κ3) is 3.30. The maximum atomic E-state index is 11.6. The second-order valence-electron chi connectivity index (χ2n) is 4.15. The highest BCUT2D eigenvalue weighted by atomic mass is 32.2. The number of Topliss-reactive ketones (excluding diaryl/α,β-unsaturated/α-hetero) is 1. The van der Waals surface area contributed by atoms with E-state index in [0.29, 0.717) is 12.8 Å². The maximum absolute atomic E-state index is 11.6. The van der Waals surface area contributed by atoms with Gasteiger partial charge in [-0.2, -0.15) is 0 Å². The second-order valence-corrected chi connectivity index (χ2v) is 6.38. The van der Waals surface area contributed by atoms with Crippen LogP contribution in [0.5, 0.6) is 0 Å². The van der Waals surface area contributed by atoms with Gasteiger partial charge in [0, 0.05) is 6.42 Å². The highest BCUT2D eigenvalue weighted by molar-refractivity contribution is 7.91. The van der Waals surface area contributed by atoms with Crippen molar-refractivity contribution in [2.24, 2.45) is 5.92 Å². The molecular weight excluding hydrogens is 230 g/mol. The number of hydrogen-bond donors (Lipinski definition) is 1. The first kappa shape index (κ1) is 13.2. The van der Waals surface area contributed by atoms with E-state index in [4.69, 9.17) is 0 Å². The van der Waals surface area contributed by atoms with E-state index in [-0.39, 0.29) is 23.2 Å². The zero-order valence-corrected chi connectivity index (χ0v) is 10.3. The minimum atomic E-state index is -3.05. The number of nitrogens with one attached hydrogen (secondary N) is 1. The molecule has 5 nitrogen and oxygen atoms in total. The molecule has 2 unspecified atom stereocenters. The molecule has 92 valence electrons. The molecule has 6 heteroatoms. The van der Waals surface area contributed by atoms with Gasteiger partial charge in [0.1, 0.15) is 0 Å². The molecule has 0 aromatic carbocycles. The highest BCUT2D eigenvalue weighted by Gasteiger charge is 2.33. The number of carbonyl (C=O) groups excluding carboxylic acids is 2. The van der Waals surface area contributed by atoms with Crippen LogP contribution in [0.15, 0.2) is 0 Å². The first-order valence-electron chi connectivity index (χ1n) is 5.39. The molecule has 2 atom stereocenters. The lowest BCUT2D eigenvalue weighted by molar-refractivity contribution is -0.129. The Hall–Kier alpha value is -0.910. The molecule has 1 aliphatic heterocycles. The van der Waals surface area contributed by atoms with Crippen molar-refractivity contribution in [1.29, 1.82) is 0 Å². The molecule has 1 rings (SSSR count). The van der Waals surface area contributed by atoms with E-state index in [9.17, 15) is 18.0 Å². The summed E-state index contributed by atoms with van der Waals surface area (Å²) in [6, 6.07) is -0.527. The summed E-state index contributed by atoms with van der Waals surface area (Å²) in [4.78, 5) is 22.9. The molecule has 1 fully saturated rings. The fourth-order valence-electron chi connectivity index (χ4n) is 1.72. The molecule has 1 N–H and O–H groups in total. The van der Waals surface area contributed by atoms with Gasteiger partial charge in [-0.25, -0.2) is 8.42 Å². The molecule has 1 saturated heterocycles. The van der Waals surface area contributed by atoms with Gasteiger partial charge in [-0.1, -0.05) is 6.92 Å². The lowest BCUT2D eigenvalue weighted by Crippen LogP contribution is -2.41. The number of ketones is 1. The molecule has 1 heterocycles. The summed E-state index contributed by atoms with van der Waals surface area (Å²) < 4.78 is 22.3. The van der Waals surface area contributed by atoms with Gasteiger partial charge < -0.3 is 5.32 Å². The number of hydrogen-bond acceptors (Lipinski definition) is 4. The van der Waals surface area contributed by atoms with Gasteiger partial charge in [0.25, 0.3) is 0 Å². The normalized spacial score (nSPS) is 25.0. The van der Waals surface area contributed by atoms with Crippen LogP contribution in [-0.4, -0.2) is 37.7 Å². The Bertz CT molecular complexity index is 388. The van der Waals surface area contributed by atoms with Crippen molar-refractivity contribution < 1.29 is 18.0 Å². The Kier molecular flexibility index (Phi) is 4.07. The van der Waals surface area contributed by atoms with Gasteiger partial charge in [-0.3, -0.25) is 9.59 Å². The molecule has 16 heavy (non-hydrogen) atoms. The van der Waals surface area contributed by atoms with Crippen LogP contribution in [0, 0.1) is 5.92 Å². The van der Waals surface area contributed by atoms with Gasteiger partial charge in [0.2, 0.25) is 5.91 Å². The molecule has 0 radical (unpaired) electrons. The standard InChI is InChI=1S/C10H17NO4S/c1-3-9(12)7(2)11-10(13)8-4-5-16(14,15)6-8/h7-8H,3-6H2,1-2H3,(H,11,13). The number of sulfone groups is 1. The quantitative estimate of drug-likeness (QED) is 0.752. The second kappa shape index (κ2) is 4.95. The summed E-state index contributed by atoms with van der Waals surface area (Å²) in [5.41, 5.74) is 0. The van der Waals surface area contributed by atoms with Gasteiger partial charge in [-0.15, -0.1) is 0 Å². The Morgan fingerprint density at radius 1 is 1.44 bits per heavy atom. The highest BCUT2D eigenvalue weighted by Crippen LogP contribution is 2.18. The Labute approximate surface area is 95.5 Å². The smallest absolute Gasteiger partial charge is 0.224 e. The Morgan fingerprint density at radius 3 is 2.50 bits per heavy atom. The predicted octanol–water partition coefficient (Wildman–Crippen LogP) is -0.0951. The molecule has 0 aromatic heterocycles. The SMILES string of the molecule is CCC(=O)C(C)NC(=O)C1CCS(=O)(=O)C1.